The van der Waals surface area contributed by atoms with Crippen LogP contribution >= 0.6 is 11.3 Å². The van der Waals surface area contributed by atoms with Gasteiger partial charge in [0, 0.05) is 12.7 Å². The van der Waals surface area contributed by atoms with Crippen molar-refractivity contribution in [3.05, 3.63) is 17.6 Å². The highest BCUT2D eigenvalue weighted by Crippen LogP contribution is 2.25. The Hall–Kier alpha value is -1.31. The van der Waals surface area contributed by atoms with E-state index < -0.39 is 0 Å². The molecule has 1 fully saturated rings. The fourth-order valence-electron chi connectivity index (χ4n) is 1.71. The summed E-state index contributed by atoms with van der Waals surface area (Å²) in [7, 11) is 0. The van der Waals surface area contributed by atoms with Crippen molar-refractivity contribution >= 4 is 11.3 Å². The molecule has 3 heterocycles. The Kier molecular flexibility index (Phi) is 2.43. The fourth-order valence-corrected chi connectivity index (χ4v) is 2.25. The standard InChI is InChI=1S/C9H10N4O2S/c14-5-1-6(11-2-5)9-12-8(13-15-9)7-3-10-4-16-7/h3-6,11,14H,1-2H2. The SMILES string of the molecule is OC1CNC(c2nc(-c3cncs3)no2)C1. The van der Waals surface area contributed by atoms with Crippen LogP contribution in [0, 0.1) is 0 Å². The van der Waals surface area contributed by atoms with Crippen molar-refractivity contribution in [3.63, 3.8) is 0 Å². The van der Waals surface area contributed by atoms with Crippen LogP contribution in [-0.2, 0) is 0 Å². The third-order valence-electron chi connectivity index (χ3n) is 2.50. The van der Waals surface area contributed by atoms with Gasteiger partial charge in [0.2, 0.25) is 11.7 Å². The summed E-state index contributed by atoms with van der Waals surface area (Å²) in [5, 5.41) is 16.4. The normalized spacial score (nSPS) is 25.1. The average Bonchev–Trinajstić information content (AvgIpc) is 2.97. The van der Waals surface area contributed by atoms with E-state index in [0.29, 0.717) is 24.7 Å². The number of nitrogens with zero attached hydrogens (tertiary/aromatic N) is 3. The minimum atomic E-state index is -0.330. The summed E-state index contributed by atoms with van der Waals surface area (Å²) in [6, 6.07) is -0.0378. The van der Waals surface area contributed by atoms with E-state index in [9.17, 15) is 5.11 Å². The van der Waals surface area contributed by atoms with E-state index in [2.05, 4.69) is 20.4 Å². The minimum Gasteiger partial charge on any atom is -0.392 e. The highest BCUT2D eigenvalue weighted by atomic mass is 32.1. The lowest BCUT2D eigenvalue weighted by atomic mass is 10.2. The quantitative estimate of drug-likeness (QED) is 0.796. The molecule has 3 rings (SSSR count). The number of hydrogen-bond acceptors (Lipinski definition) is 7. The summed E-state index contributed by atoms with van der Waals surface area (Å²) in [6.45, 7) is 0.572. The van der Waals surface area contributed by atoms with Gasteiger partial charge < -0.3 is 14.9 Å². The molecule has 1 aliphatic heterocycles. The van der Waals surface area contributed by atoms with Crippen LogP contribution in [0.2, 0.25) is 0 Å². The number of β-amino-alcohol motifs (C(OH)–C–C–N with tert-alkyl or cyclic N) is 1. The van der Waals surface area contributed by atoms with Crippen molar-refractivity contribution in [1.82, 2.24) is 20.4 Å². The molecule has 2 unspecified atom stereocenters. The molecule has 0 bridgehead atoms. The van der Waals surface area contributed by atoms with Gasteiger partial charge >= 0.3 is 0 Å². The van der Waals surface area contributed by atoms with Crippen molar-refractivity contribution in [1.29, 1.82) is 0 Å². The molecule has 0 radical (unpaired) electrons. The van der Waals surface area contributed by atoms with Gasteiger partial charge in [0.05, 0.1) is 22.5 Å². The van der Waals surface area contributed by atoms with Crippen LogP contribution in [0.15, 0.2) is 16.2 Å². The van der Waals surface area contributed by atoms with Gasteiger partial charge in [-0.15, -0.1) is 11.3 Å². The van der Waals surface area contributed by atoms with E-state index in [1.165, 1.54) is 11.3 Å². The monoisotopic (exact) mass is 238 g/mol. The minimum absolute atomic E-state index is 0.0378. The highest BCUT2D eigenvalue weighted by Gasteiger charge is 2.28. The molecule has 6 nitrogen and oxygen atoms in total. The molecule has 84 valence electrons. The van der Waals surface area contributed by atoms with Crippen LogP contribution in [0.4, 0.5) is 0 Å². The van der Waals surface area contributed by atoms with E-state index in [1.54, 1.807) is 11.7 Å². The second kappa shape index (κ2) is 3.93. The lowest BCUT2D eigenvalue weighted by Crippen LogP contribution is -2.15. The summed E-state index contributed by atoms with van der Waals surface area (Å²) in [5.74, 6) is 1.08. The number of aliphatic hydroxyl groups excluding tert-OH is 1. The Morgan fingerprint density at radius 1 is 1.56 bits per heavy atom. The highest BCUT2D eigenvalue weighted by molar-refractivity contribution is 7.13. The molecular formula is C9H10N4O2S. The molecule has 0 spiro atoms. The van der Waals surface area contributed by atoms with Gasteiger partial charge in [0.1, 0.15) is 0 Å². The van der Waals surface area contributed by atoms with Gasteiger partial charge in [0.15, 0.2) is 0 Å². The predicted molar refractivity (Wildman–Crippen MR) is 56.8 cm³/mol. The Balaban J connectivity index is 1.83. The summed E-state index contributed by atoms with van der Waals surface area (Å²) in [6.07, 6.45) is 1.99. The zero-order valence-corrected chi connectivity index (χ0v) is 9.15. The second-order valence-electron chi connectivity index (χ2n) is 3.67. The third kappa shape index (κ3) is 1.73. The first-order valence-corrected chi connectivity index (χ1v) is 5.85. The number of aliphatic hydroxyl groups is 1. The van der Waals surface area contributed by atoms with E-state index >= 15 is 0 Å². The van der Waals surface area contributed by atoms with E-state index in [-0.39, 0.29) is 12.1 Å². The summed E-state index contributed by atoms with van der Waals surface area (Å²) < 4.78 is 5.16. The van der Waals surface area contributed by atoms with Crippen molar-refractivity contribution in [2.24, 2.45) is 0 Å². The van der Waals surface area contributed by atoms with Crippen molar-refractivity contribution in [2.45, 2.75) is 18.6 Å². The first kappa shape index (κ1) is 9.88. The molecule has 0 saturated carbocycles. The largest absolute Gasteiger partial charge is 0.392 e. The van der Waals surface area contributed by atoms with Crippen LogP contribution < -0.4 is 5.32 Å². The van der Waals surface area contributed by atoms with Gasteiger partial charge in [-0.1, -0.05) is 5.16 Å². The van der Waals surface area contributed by atoms with Crippen LogP contribution in [0.5, 0.6) is 0 Å². The average molecular weight is 238 g/mol. The Bertz CT molecular complexity index is 470. The number of hydrogen-bond donors (Lipinski definition) is 2. The number of nitrogens with one attached hydrogen (secondary N) is 1. The molecule has 0 aromatic carbocycles. The first-order valence-electron chi connectivity index (χ1n) is 4.97. The maximum Gasteiger partial charge on any atom is 0.244 e. The molecular weight excluding hydrogens is 228 g/mol. The molecule has 1 saturated heterocycles. The third-order valence-corrected chi connectivity index (χ3v) is 3.27. The van der Waals surface area contributed by atoms with Crippen LogP contribution in [0.3, 0.4) is 0 Å². The second-order valence-corrected chi connectivity index (χ2v) is 4.56. The molecule has 2 aromatic heterocycles. The van der Waals surface area contributed by atoms with E-state index in [4.69, 9.17) is 4.52 Å². The van der Waals surface area contributed by atoms with Crippen LogP contribution in [-0.4, -0.2) is 32.9 Å². The maximum absolute atomic E-state index is 9.39. The molecule has 2 N–H and O–H groups in total. The molecule has 7 heteroatoms. The van der Waals surface area contributed by atoms with Gasteiger partial charge in [0.25, 0.3) is 0 Å². The molecule has 0 aliphatic carbocycles. The van der Waals surface area contributed by atoms with Gasteiger partial charge in [-0.2, -0.15) is 4.98 Å². The fraction of sp³-hybridized carbons (Fsp3) is 0.444. The number of aromatic nitrogens is 3. The molecule has 1 aliphatic rings. The smallest absolute Gasteiger partial charge is 0.244 e. The van der Waals surface area contributed by atoms with Crippen LogP contribution in [0.25, 0.3) is 10.7 Å². The summed E-state index contributed by atoms with van der Waals surface area (Å²) >= 11 is 1.47. The molecule has 0 amide bonds. The van der Waals surface area contributed by atoms with Crippen molar-refractivity contribution < 1.29 is 9.63 Å². The zero-order valence-electron chi connectivity index (χ0n) is 8.33. The summed E-state index contributed by atoms with van der Waals surface area (Å²) in [4.78, 5) is 9.13. The van der Waals surface area contributed by atoms with Crippen molar-refractivity contribution in [3.8, 4) is 10.7 Å². The zero-order chi connectivity index (χ0) is 11.0. The van der Waals surface area contributed by atoms with Gasteiger partial charge in [-0.3, -0.25) is 4.98 Å². The van der Waals surface area contributed by atoms with Gasteiger partial charge in [-0.05, 0) is 6.42 Å². The van der Waals surface area contributed by atoms with E-state index in [0.717, 1.165) is 4.88 Å². The molecule has 16 heavy (non-hydrogen) atoms. The number of thiazole rings is 1. The molecule has 2 aromatic rings. The summed E-state index contributed by atoms with van der Waals surface area (Å²) in [5.41, 5.74) is 1.73. The first-order chi connectivity index (χ1) is 7.83. The number of rotatable bonds is 2. The molecule has 2 atom stereocenters. The van der Waals surface area contributed by atoms with E-state index in [1.807, 2.05) is 0 Å². The van der Waals surface area contributed by atoms with Crippen molar-refractivity contribution in [2.75, 3.05) is 6.54 Å². The Morgan fingerprint density at radius 3 is 3.19 bits per heavy atom. The lowest BCUT2D eigenvalue weighted by Gasteiger charge is -2.01. The topological polar surface area (TPSA) is 84.1 Å². The maximum atomic E-state index is 9.39. The Morgan fingerprint density at radius 2 is 2.50 bits per heavy atom. The van der Waals surface area contributed by atoms with Crippen LogP contribution in [0.1, 0.15) is 18.4 Å². The Labute approximate surface area is 95.3 Å². The lowest BCUT2D eigenvalue weighted by molar-refractivity contribution is 0.191. The van der Waals surface area contributed by atoms with Gasteiger partial charge in [-0.25, -0.2) is 0 Å². The predicted octanol–water partition coefficient (Wildman–Crippen LogP) is 0.588.